The number of amides is 1. The van der Waals surface area contributed by atoms with Gasteiger partial charge in [0.1, 0.15) is 12.4 Å². The van der Waals surface area contributed by atoms with Crippen LogP contribution in [0.3, 0.4) is 0 Å². The van der Waals surface area contributed by atoms with Crippen LogP contribution >= 0.6 is 0 Å². The number of carbonyl (C=O) groups excluding carboxylic acids is 1. The highest BCUT2D eigenvalue weighted by Gasteiger charge is 2.23. The van der Waals surface area contributed by atoms with Crippen LogP contribution in [0.15, 0.2) is 54.6 Å². The summed E-state index contributed by atoms with van der Waals surface area (Å²) in [5.74, 6) is 0.532. The standard InChI is InChI=1S/C22H25N5O2/c1-16-21(25-26-27(16)18-11-13-23-14-12-18)22(28)24-20-10-6-5-7-17(20)15-29-19-8-3-2-4-9-19/h2-10,18,23H,11-15H2,1H3,(H,24,28). The van der Waals surface area contributed by atoms with Gasteiger partial charge in [0.05, 0.1) is 11.7 Å². The molecule has 1 aromatic heterocycles. The molecule has 0 spiro atoms. The van der Waals surface area contributed by atoms with Crippen molar-refractivity contribution in [3.8, 4) is 5.75 Å². The van der Waals surface area contributed by atoms with Gasteiger partial charge >= 0.3 is 0 Å². The Bertz CT molecular complexity index is 964. The Morgan fingerprint density at radius 2 is 1.86 bits per heavy atom. The first-order chi connectivity index (χ1) is 14.2. The summed E-state index contributed by atoms with van der Waals surface area (Å²) >= 11 is 0. The van der Waals surface area contributed by atoms with Crippen LogP contribution in [0.4, 0.5) is 5.69 Å². The number of anilines is 1. The molecule has 7 nitrogen and oxygen atoms in total. The fourth-order valence-electron chi connectivity index (χ4n) is 3.58. The molecule has 1 aliphatic rings. The Hall–Kier alpha value is -3.19. The van der Waals surface area contributed by atoms with Gasteiger partial charge in [-0.3, -0.25) is 4.79 Å². The maximum Gasteiger partial charge on any atom is 0.278 e. The number of nitrogens with one attached hydrogen (secondary N) is 2. The molecule has 1 saturated heterocycles. The summed E-state index contributed by atoms with van der Waals surface area (Å²) < 4.78 is 7.73. The molecule has 0 radical (unpaired) electrons. The third-order valence-corrected chi connectivity index (χ3v) is 5.20. The van der Waals surface area contributed by atoms with E-state index in [1.807, 2.05) is 66.2 Å². The fraction of sp³-hybridized carbons (Fsp3) is 0.318. The van der Waals surface area contributed by atoms with E-state index in [2.05, 4.69) is 20.9 Å². The molecular formula is C22H25N5O2. The van der Waals surface area contributed by atoms with E-state index in [-0.39, 0.29) is 11.9 Å². The summed E-state index contributed by atoms with van der Waals surface area (Å²) in [5, 5.41) is 14.7. The number of para-hydroxylation sites is 2. The minimum absolute atomic E-state index is 0.255. The third-order valence-electron chi connectivity index (χ3n) is 5.20. The molecule has 1 aliphatic heterocycles. The van der Waals surface area contributed by atoms with Crippen molar-refractivity contribution in [1.29, 1.82) is 0 Å². The van der Waals surface area contributed by atoms with Gasteiger partial charge in [-0.2, -0.15) is 0 Å². The Kier molecular flexibility index (Phi) is 5.86. The molecule has 1 amide bonds. The zero-order valence-corrected chi connectivity index (χ0v) is 16.5. The van der Waals surface area contributed by atoms with Crippen molar-refractivity contribution in [2.75, 3.05) is 18.4 Å². The van der Waals surface area contributed by atoms with Gasteiger partial charge in [-0.25, -0.2) is 4.68 Å². The van der Waals surface area contributed by atoms with E-state index in [1.54, 1.807) is 0 Å². The molecule has 0 unspecified atom stereocenters. The van der Waals surface area contributed by atoms with E-state index < -0.39 is 0 Å². The third kappa shape index (κ3) is 4.46. The van der Waals surface area contributed by atoms with E-state index in [0.29, 0.717) is 18.0 Å². The lowest BCUT2D eigenvalue weighted by Gasteiger charge is -2.23. The van der Waals surface area contributed by atoms with Gasteiger partial charge in [-0.15, -0.1) is 5.10 Å². The Morgan fingerprint density at radius 1 is 1.14 bits per heavy atom. The molecule has 0 saturated carbocycles. The first kappa shape index (κ1) is 19.1. The van der Waals surface area contributed by atoms with Gasteiger partial charge in [0.2, 0.25) is 0 Å². The topological polar surface area (TPSA) is 81.1 Å². The van der Waals surface area contributed by atoms with Gasteiger partial charge in [-0.1, -0.05) is 41.6 Å². The lowest BCUT2D eigenvalue weighted by Crippen LogP contribution is -2.30. The number of ether oxygens (including phenoxy) is 1. The van der Waals surface area contributed by atoms with Crippen molar-refractivity contribution in [2.24, 2.45) is 0 Å². The number of aromatic nitrogens is 3. The predicted octanol–water partition coefficient (Wildman–Crippen LogP) is 3.34. The van der Waals surface area contributed by atoms with E-state index in [4.69, 9.17) is 4.74 Å². The number of hydrogen-bond donors (Lipinski definition) is 2. The largest absolute Gasteiger partial charge is 0.489 e. The molecule has 1 fully saturated rings. The number of carbonyl (C=O) groups is 1. The highest BCUT2D eigenvalue weighted by Crippen LogP contribution is 2.22. The van der Waals surface area contributed by atoms with Crippen molar-refractivity contribution in [2.45, 2.75) is 32.4 Å². The normalized spacial score (nSPS) is 14.5. The second-order valence-corrected chi connectivity index (χ2v) is 7.16. The number of rotatable bonds is 6. The fourth-order valence-corrected chi connectivity index (χ4v) is 3.58. The van der Waals surface area contributed by atoms with E-state index in [0.717, 1.165) is 42.9 Å². The second-order valence-electron chi connectivity index (χ2n) is 7.16. The van der Waals surface area contributed by atoms with E-state index >= 15 is 0 Å². The molecule has 2 heterocycles. The maximum atomic E-state index is 12.9. The zero-order chi connectivity index (χ0) is 20.1. The molecule has 0 aliphatic carbocycles. The molecule has 2 N–H and O–H groups in total. The lowest BCUT2D eigenvalue weighted by molar-refractivity contribution is 0.102. The maximum absolute atomic E-state index is 12.9. The van der Waals surface area contributed by atoms with Crippen LogP contribution in [0.1, 0.15) is 40.6 Å². The summed E-state index contributed by atoms with van der Waals surface area (Å²) in [6.07, 6.45) is 1.98. The molecule has 150 valence electrons. The van der Waals surface area contributed by atoms with Crippen LogP contribution in [-0.2, 0) is 6.61 Å². The molecule has 2 aromatic carbocycles. The molecule has 0 atom stereocenters. The monoisotopic (exact) mass is 391 g/mol. The number of nitrogens with zero attached hydrogens (tertiary/aromatic N) is 3. The minimum Gasteiger partial charge on any atom is -0.489 e. The van der Waals surface area contributed by atoms with Crippen LogP contribution in [-0.4, -0.2) is 34.0 Å². The second kappa shape index (κ2) is 8.87. The van der Waals surface area contributed by atoms with Gasteiger partial charge in [0.25, 0.3) is 5.91 Å². The van der Waals surface area contributed by atoms with Crippen LogP contribution in [0.5, 0.6) is 5.75 Å². The number of benzene rings is 2. The summed E-state index contributed by atoms with van der Waals surface area (Å²) in [6, 6.07) is 17.5. The molecule has 7 heteroatoms. The number of hydrogen-bond acceptors (Lipinski definition) is 5. The van der Waals surface area contributed by atoms with Gasteiger partial charge in [-0.05, 0) is 51.1 Å². The molecular weight excluding hydrogens is 366 g/mol. The van der Waals surface area contributed by atoms with Crippen LogP contribution in [0.2, 0.25) is 0 Å². The van der Waals surface area contributed by atoms with E-state index in [9.17, 15) is 4.79 Å². The summed E-state index contributed by atoms with van der Waals surface area (Å²) in [4.78, 5) is 12.9. The first-order valence-electron chi connectivity index (χ1n) is 9.92. The Balaban J connectivity index is 1.47. The average Bonchev–Trinajstić information content (AvgIpc) is 3.16. The van der Waals surface area contributed by atoms with Crippen LogP contribution in [0.25, 0.3) is 0 Å². The van der Waals surface area contributed by atoms with E-state index in [1.165, 1.54) is 0 Å². The highest BCUT2D eigenvalue weighted by atomic mass is 16.5. The smallest absolute Gasteiger partial charge is 0.278 e. The highest BCUT2D eigenvalue weighted by molar-refractivity contribution is 6.03. The Morgan fingerprint density at radius 3 is 2.66 bits per heavy atom. The minimum atomic E-state index is -0.255. The summed E-state index contributed by atoms with van der Waals surface area (Å²) in [7, 11) is 0. The van der Waals surface area contributed by atoms with Gasteiger partial charge < -0.3 is 15.4 Å². The molecule has 4 rings (SSSR count). The van der Waals surface area contributed by atoms with Crippen molar-refractivity contribution in [3.63, 3.8) is 0 Å². The predicted molar refractivity (Wildman–Crippen MR) is 111 cm³/mol. The first-order valence-corrected chi connectivity index (χ1v) is 9.92. The summed E-state index contributed by atoms with van der Waals surface area (Å²) in [6.45, 7) is 4.18. The molecule has 29 heavy (non-hydrogen) atoms. The van der Waals surface area contributed by atoms with Gasteiger partial charge in [0, 0.05) is 11.3 Å². The lowest BCUT2D eigenvalue weighted by atomic mass is 10.1. The van der Waals surface area contributed by atoms with Crippen molar-refractivity contribution in [3.05, 3.63) is 71.5 Å². The molecule has 0 bridgehead atoms. The van der Waals surface area contributed by atoms with Crippen LogP contribution < -0.4 is 15.4 Å². The SMILES string of the molecule is Cc1c(C(=O)Nc2ccccc2COc2ccccc2)nnn1C1CCNCC1. The summed E-state index contributed by atoms with van der Waals surface area (Å²) in [5.41, 5.74) is 2.77. The average molecular weight is 391 g/mol. The van der Waals surface area contributed by atoms with Crippen molar-refractivity contribution < 1.29 is 9.53 Å². The zero-order valence-electron chi connectivity index (χ0n) is 16.5. The molecule has 3 aromatic rings. The quantitative estimate of drug-likeness (QED) is 0.674. The van der Waals surface area contributed by atoms with Gasteiger partial charge in [0.15, 0.2) is 5.69 Å². The van der Waals surface area contributed by atoms with Crippen molar-refractivity contribution >= 4 is 11.6 Å². The number of piperidine rings is 1. The van der Waals surface area contributed by atoms with Crippen molar-refractivity contribution in [1.82, 2.24) is 20.3 Å². The van der Waals surface area contributed by atoms with Crippen LogP contribution in [0, 0.1) is 6.92 Å². The Labute approximate surface area is 170 Å².